The molecule has 2 aliphatic rings. The van der Waals surface area contributed by atoms with Crippen molar-refractivity contribution in [2.75, 3.05) is 39.3 Å². The molecule has 0 bridgehead atoms. The lowest BCUT2D eigenvalue weighted by Gasteiger charge is -2.43. The summed E-state index contributed by atoms with van der Waals surface area (Å²) in [4.78, 5) is 5.22. The number of hydrogen-bond acceptors (Lipinski definition) is 3. The van der Waals surface area contributed by atoms with Crippen molar-refractivity contribution in [2.45, 2.75) is 19.5 Å². The second-order valence-electron chi connectivity index (χ2n) is 5.61. The zero-order chi connectivity index (χ0) is 12.4. The molecular formula is C15H23N3. The first-order valence-corrected chi connectivity index (χ1v) is 7.04. The van der Waals surface area contributed by atoms with Gasteiger partial charge in [0, 0.05) is 51.9 Å². The van der Waals surface area contributed by atoms with Crippen molar-refractivity contribution in [3.63, 3.8) is 0 Å². The largest absolute Gasteiger partial charge is 0.314 e. The average Bonchev–Trinajstić information content (AvgIpc) is 2.32. The van der Waals surface area contributed by atoms with Gasteiger partial charge in [0.1, 0.15) is 0 Å². The summed E-state index contributed by atoms with van der Waals surface area (Å²) in [6.07, 6.45) is 0. The highest BCUT2D eigenvalue weighted by atomic mass is 15.3. The van der Waals surface area contributed by atoms with Crippen molar-refractivity contribution in [3.05, 3.63) is 35.4 Å². The van der Waals surface area contributed by atoms with Crippen molar-refractivity contribution < 1.29 is 0 Å². The predicted molar refractivity (Wildman–Crippen MR) is 74.7 cm³/mol. The fourth-order valence-electron chi connectivity index (χ4n) is 2.77. The Hall–Kier alpha value is -0.900. The summed E-state index contributed by atoms with van der Waals surface area (Å²) in [6.45, 7) is 10.5. The lowest BCUT2D eigenvalue weighted by atomic mass is 10.1. The molecule has 0 saturated carbocycles. The van der Waals surface area contributed by atoms with Crippen molar-refractivity contribution in [2.24, 2.45) is 0 Å². The Morgan fingerprint density at radius 1 is 1.06 bits per heavy atom. The van der Waals surface area contributed by atoms with E-state index in [2.05, 4.69) is 46.3 Å². The third kappa shape index (κ3) is 2.74. The molecule has 0 aromatic heterocycles. The zero-order valence-corrected chi connectivity index (χ0v) is 11.2. The van der Waals surface area contributed by atoms with Crippen molar-refractivity contribution >= 4 is 0 Å². The maximum absolute atomic E-state index is 3.36. The van der Waals surface area contributed by atoms with Gasteiger partial charge in [0.25, 0.3) is 0 Å². The highest BCUT2D eigenvalue weighted by Gasteiger charge is 2.27. The minimum atomic E-state index is 0.812. The first-order valence-electron chi connectivity index (χ1n) is 7.04. The third-order valence-electron chi connectivity index (χ3n) is 4.21. The summed E-state index contributed by atoms with van der Waals surface area (Å²) >= 11 is 0. The Labute approximate surface area is 110 Å². The molecule has 0 radical (unpaired) electrons. The maximum atomic E-state index is 3.36. The van der Waals surface area contributed by atoms with Crippen molar-refractivity contribution in [1.82, 2.24) is 15.1 Å². The standard InChI is InChI=1S/C15H23N3/c1-13-2-4-14(5-3-13)12-17-6-8-18(9-7-17)15-10-16-11-15/h2-5,15-16H,6-12H2,1H3. The van der Waals surface area contributed by atoms with E-state index in [1.807, 2.05) is 0 Å². The van der Waals surface area contributed by atoms with Crippen LogP contribution in [0, 0.1) is 6.92 Å². The van der Waals surface area contributed by atoms with Gasteiger partial charge in [-0.1, -0.05) is 29.8 Å². The molecule has 3 heteroatoms. The Kier molecular flexibility index (Phi) is 3.64. The molecule has 1 N–H and O–H groups in total. The van der Waals surface area contributed by atoms with Crippen LogP contribution in [0.3, 0.4) is 0 Å². The number of nitrogens with one attached hydrogen (secondary N) is 1. The van der Waals surface area contributed by atoms with Crippen LogP contribution >= 0.6 is 0 Å². The summed E-state index contributed by atoms with van der Waals surface area (Å²) < 4.78 is 0. The van der Waals surface area contributed by atoms with Gasteiger partial charge in [-0.2, -0.15) is 0 Å². The predicted octanol–water partition coefficient (Wildman–Crippen LogP) is 1.08. The Bertz CT molecular complexity index is 375. The summed E-state index contributed by atoms with van der Waals surface area (Å²) in [6, 6.07) is 9.76. The van der Waals surface area contributed by atoms with Crippen LogP contribution in [0.5, 0.6) is 0 Å². The molecule has 0 amide bonds. The fourth-order valence-corrected chi connectivity index (χ4v) is 2.77. The fraction of sp³-hybridized carbons (Fsp3) is 0.600. The van der Waals surface area contributed by atoms with E-state index in [1.54, 1.807) is 0 Å². The van der Waals surface area contributed by atoms with Gasteiger partial charge in [-0.3, -0.25) is 9.80 Å². The van der Waals surface area contributed by atoms with Crippen LogP contribution in [0.25, 0.3) is 0 Å². The summed E-state index contributed by atoms with van der Waals surface area (Å²) in [7, 11) is 0. The number of piperazine rings is 1. The molecule has 3 rings (SSSR count). The second-order valence-corrected chi connectivity index (χ2v) is 5.61. The Morgan fingerprint density at radius 2 is 1.72 bits per heavy atom. The van der Waals surface area contributed by atoms with Gasteiger partial charge in [-0.25, -0.2) is 0 Å². The van der Waals surface area contributed by atoms with Gasteiger partial charge >= 0.3 is 0 Å². The normalized spacial score (nSPS) is 22.9. The average molecular weight is 245 g/mol. The molecule has 0 spiro atoms. The Balaban J connectivity index is 1.48. The molecule has 2 fully saturated rings. The molecule has 1 aromatic rings. The highest BCUT2D eigenvalue weighted by molar-refractivity contribution is 5.21. The molecule has 18 heavy (non-hydrogen) atoms. The lowest BCUT2D eigenvalue weighted by Crippen LogP contribution is -2.61. The topological polar surface area (TPSA) is 18.5 Å². The number of nitrogens with zero attached hydrogens (tertiary/aromatic N) is 2. The van der Waals surface area contributed by atoms with Gasteiger partial charge in [0.2, 0.25) is 0 Å². The molecule has 3 nitrogen and oxygen atoms in total. The smallest absolute Gasteiger partial charge is 0.0346 e. The van der Waals surface area contributed by atoms with Crippen LogP contribution < -0.4 is 5.32 Å². The number of aryl methyl sites for hydroxylation is 1. The van der Waals surface area contributed by atoms with Crippen LogP contribution in [0.15, 0.2) is 24.3 Å². The van der Waals surface area contributed by atoms with E-state index in [0.717, 1.165) is 12.6 Å². The first kappa shape index (κ1) is 12.2. The van der Waals surface area contributed by atoms with Crippen LogP contribution in [0.4, 0.5) is 0 Å². The molecule has 0 atom stereocenters. The van der Waals surface area contributed by atoms with Gasteiger partial charge in [-0.05, 0) is 12.5 Å². The van der Waals surface area contributed by atoms with E-state index in [-0.39, 0.29) is 0 Å². The van der Waals surface area contributed by atoms with E-state index in [0.29, 0.717) is 0 Å². The number of benzene rings is 1. The van der Waals surface area contributed by atoms with Crippen LogP contribution in [0.2, 0.25) is 0 Å². The highest BCUT2D eigenvalue weighted by Crippen LogP contribution is 2.12. The minimum absolute atomic E-state index is 0.812. The quantitative estimate of drug-likeness (QED) is 0.860. The summed E-state index contributed by atoms with van der Waals surface area (Å²) in [5, 5.41) is 3.36. The zero-order valence-electron chi connectivity index (χ0n) is 11.2. The number of hydrogen-bond donors (Lipinski definition) is 1. The summed E-state index contributed by atoms with van der Waals surface area (Å²) in [5.74, 6) is 0. The van der Waals surface area contributed by atoms with E-state index in [9.17, 15) is 0 Å². The SMILES string of the molecule is Cc1ccc(CN2CCN(C3CNC3)CC2)cc1. The third-order valence-corrected chi connectivity index (χ3v) is 4.21. The molecule has 0 unspecified atom stereocenters. The lowest BCUT2D eigenvalue weighted by molar-refractivity contribution is 0.0695. The number of rotatable bonds is 3. The van der Waals surface area contributed by atoms with Crippen molar-refractivity contribution in [1.29, 1.82) is 0 Å². The molecule has 2 heterocycles. The van der Waals surface area contributed by atoms with Crippen molar-refractivity contribution in [3.8, 4) is 0 Å². The molecule has 0 aliphatic carbocycles. The Morgan fingerprint density at radius 3 is 2.28 bits per heavy atom. The van der Waals surface area contributed by atoms with Gasteiger partial charge in [-0.15, -0.1) is 0 Å². The van der Waals surface area contributed by atoms with Gasteiger partial charge in [0.05, 0.1) is 0 Å². The minimum Gasteiger partial charge on any atom is -0.314 e. The van der Waals surface area contributed by atoms with Crippen LogP contribution in [-0.2, 0) is 6.54 Å². The molecule has 98 valence electrons. The van der Waals surface area contributed by atoms with Gasteiger partial charge in [0.15, 0.2) is 0 Å². The molecule has 1 aromatic carbocycles. The van der Waals surface area contributed by atoms with Gasteiger partial charge < -0.3 is 5.32 Å². The van der Waals surface area contributed by atoms with E-state index in [4.69, 9.17) is 0 Å². The van der Waals surface area contributed by atoms with E-state index in [1.165, 1.54) is 50.4 Å². The second kappa shape index (κ2) is 5.39. The maximum Gasteiger partial charge on any atom is 0.0346 e. The van der Waals surface area contributed by atoms with E-state index >= 15 is 0 Å². The molecule has 2 aliphatic heterocycles. The monoisotopic (exact) mass is 245 g/mol. The molecule has 2 saturated heterocycles. The van der Waals surface area contributed by atoms with Crippen LogP contribution in [-0.4, -0.2) is 55.1 Å². The van der Waals surface area contributed by atoms with Crippen LogP contribution in [0.1, 0.15) is 11.1 Å². The first-order chi connectivity index (χ1) is 8.81. The molecular weight excluding hydrogens is 222 g/mol. The summed E-state index contributed by atoms with van der Waals surface area (Å²) in [5.41, 5.74) is 2.79. The van der Waals surface area contributed by atoms with E-state index < -0.39 is 0 Å².